The normalized spacial score (nSPS) is 22.7. The molecular weight excluding hydrogens is 284 g/mol. The minimum Gasteiger partial charge on any atom is -0.481 e. The van der Waals surface area contributed by atoms with Crippen LogP contribution >= 0.6 is 0 Å². The highest BCUT2D eigenvalue weighted by atomic mass is 16.5. The summed E-state index contributed by atoms with van der Waals surface area (Å²) in [7, 11) is 1.63. The molecular formula is C15H20N4O3. The molecule has 1 fully saturated rings. The van der Waals surface area contributed by atoms with Crippen molar-refractivity contribution < 1.29 is 14.0 Å². The highest BCUT2D eigenvalue weighted by molar-refractivity contribution is 5.25. The Morgan fingerprint density at radius 1 is 1.45 bits per heavy atom. The Hall–Kier alpha value is -1.99. The fourth-order valence-corrected chi connectivity index (χ4v) is 2.80. The number of aromatic nitrogens is 3. The summed E-state index contributed by atoms with van der Waals surface area (Å²) < 4.78 is 16.5. The second-order valence-corrected chi connectivity index (χ2v) is 5.34. The number of ether oxygens (including phenoxy) is 2. The summed E-state index contributed by atoms with van der Waals surface area (Å²) in [5, 5.41) is 3.90. The van der Waals surface area contributed by atoms with Gasteiger partial charge >= 0.3 is 0 Å². The first-order valence-corrected chi connectivity index (χ1v) is 7.32. The van der Waals surface area contributed by atoms with Crippen LogP contribution in [0.4, 0.5) is 0 Å². The zero-order valence-electron chi connectivity index (χ0n) is 13.0. The van der Waals surface area contributed by atoms with Gasteiger partial charge in [-0.15, -0.1) is 0 Å². The fraction of sp³-hybridized carbons (Fsp3) is 0.533. The van der Waals surface area contributed by atoms with Gasteiger partial charge in [0.15, 0.2) is 5.82 Å². The zero-order valence-corrected chi connectivity index (χ0v) is 13.0. The Balaban J connectivity index is 1.86. The summed E-state index contributed by atoms with van der Waals surface area (Å²) in [4.78, 5) is 10.9. The third-order valence-electron chi connectivity index (χ3n) is 3.81. The molecule has 2 aromatic rings. The number of hydrogen-bond acceptors (Lipinski definition) is 7. The average Bonchev–Trinajstić information content (AvgIpc) is 2.94. The zero-order chi connectivity index (χ0) is 15.5. The Bertz CT molecular complexity index is 631. The van der Waals surface area contributed by atoms with Crippen molar-refractivity contribution in [1.82, 2.24) is 20.0 Å². The molecule has 0 N–H and O–H groups in total. The molecule has 118 valence electrons. The van der Waals surface area contributed by atoms with Gasteiger partial charge in [-0.2, -0.15) is 4.98 Å². The number of hydrogen-bond donors (Lipinski definition) is 0. The van der Waals surface area contributed by atoms with E-state index in [0.29, 0.717) is 30.7 Å². The summed E-state index contributed by atoms with van der Waals surface area (Å²) in [6.45, 7) is 5.99. The Kier molecular flexibility index (Phi) is 4.35. The van der Waals surface area contributed by atoms with Crippen LogP contribution in [0.5, 0.6) is 5.88 Å². The van der Waals surface area contributed by atoms with Gasteiger partial charge in [0.1, 0.15) is 6.04 Å². The molecule has 1 saturated heterocycles. The van der Waals surface area contributed by atoms with Crippen LogP contribution < -0.4 is 4.74 Å². The predicted octanol–water partition coefficient (Wildman–Crippen LogP) is 1.74. The molecule has 0 saturated carbocycles. The third-order valence-corrected chi connectivity index (χ3v) is 3.81. The van der Waals surface area contributed by atoms with E-state index in [0.717, 1.165) is 12.1 Å². The van der Waals surface area contributed by atoms with Crippen LogP contribution in [0, 0.1) is 6.92 Å². The maximum atomic E-state index is 5.76. The van der Waals surface area contributed by atoms with Gasteiger partial charge in [0.2, 0.25) is 11.8 Å². The van der Waals surface area contributed by atoms with Crippen molar-refractivity contribution in [3.05, 3.63) is 35.6 Å². The summed E-state index contributed by atoms with van der Waals surface area (Å²) >= 11 is 0. The fourth-order valence-electron chi connectivity index (χ4n) is 2.80. The van der Waals surface area contributed by atoms with Gasteiger partial charge in [-0.05, 0) is 19.9 Å². The van der Waals surface area contributed by atoms with Gasteiger partial charge < -0.3 is 14.0 Å². The molecule has 0 spiro atoms. The lowest BCUT2D eigenvalue weighted by molar-refractivity contribution is -0.0765. The SMILES string of the molecule is COc1ncccc1CN1CCO[C@H](C)[C@H]1c1nc(C)no1. The maximum Gasteiger partial charge on any atom is 0.246 e. The minimum atomic E-state index is -0.0696. The van der Waals surface area contributed by atoms with Gasteiger partial charge in [-0.1, -0.05) is 11.2 Å². The van der Waals surface area contributed by atoms with Crippen molar-refractivity contribution >= 4 is 0 Å². The number of morpholine rings is 1. The van der Waals surface area contributed by atoms with Crippen LogP contribution in [0.2, 0.25) is 0 Å². The quantitative estimate of drug-likeness (QED) is 0.851. The molecule has 0 amide bonds. The van der Waals surface area contributed by atoms with E-state index in [1.165, 1.54) is 0 Å². The summed E-state index contributed by atoms with van der Waals surface area (Å²) in [6.07, 6.45) is 1.71. The lowest BCUT2D eigenvalue weighted by atomic mass is 10.1. The van der Waals surface area contributed by atoms with Crippen molar-refractivity contribution in [2.45, 2.75) is 32.5 Å². The van der Waals surface area contributed by atoms with Gasteiger partial charge in [0.05, 0.1) is 19.8 Å². The molecule has 3 rings (SSSR count). The molecule has 1 aliphatic heterocycles. The average molecular weight is 304 g/mol. The molecule has 1 aliphatic rings. The second kappa shape index (κ2) is 6.41. The van der Waals surface area contributed by atoms with E-state index in [1.54, 1.807) is 13.3 Å². The minimum absolute atomic E-state index is 0.0173. The molecule has 2 aromatic heterocycles. The highest BCUT2D eigenvalue weighted by Crippen LogP contribution is 2.31. The maximum absolute atomic E-state index is 5.76. The smallest absolute Gasteiger partial charge is 0.246 e. The third kappa shape index (κ3) is 2.95. The molecule has 3 heterocycles. The van der Waals surface area contributed by atoms with E-state index in [2.05, 4.69) is 20.0 Å². The first kappa shape index (κ1) is 14.9. The van der Waals surface area contributed by atoms with Crippen molar-refractivity contribution in [2.75, 3.05) is 20.3 Å². The van der Waals surface area contributed by atoms with E-state index in [-0.39, 0.29) is 12.1 Å². The highest BCUT2D eigenvalue weighted by Gasteiger charge is 2.35. The van der Waals surface area contributed by atoms with Crippen LogP contribution in [0.1, 0.15) is 30.2 Å². The van der Waals surface area contributed by atoms with E-state index in [1.807, 2.05) is 26.0 Å². The molecule has 0 radical (unpaired) electrons. The Morgan fingerprint density at radius 2 is 2.32 bits per heavy atom. The van der Waals surface area contributed by atoms with E-state index < -0.39 is 0 Å². The van der Waals surface area contributed by atoms with Crippen LogP contribution in [-0.2, 0) is 11.3 Å². The number of nitrogens with zero attached hydrogens (tertiary/aromatic N) is 4. The number of rotatable bonds is 4. The van der Waals surface area contributed by atoms with Crippen LogP contribution in [0.15, 0.2) is 22.9 Å². The topological polar surface area (TPSA) is 73.5 Å². The van der Waals surface area contributed by atoms with Crippen LogP contribution in [0.3, 0.4) is 0 Å². The Morgan fingerprint density at radius 3 is 3.05 bits per heavy atom. The van der Waals surface area contributed by atoms with Crippen molar-refractivity contribution in [3.63, 3.8) is 0 Å². The molecule has 0 aliphatic carbocycles. The van der Waals surface area contributed by atoms with Gasteiger partial charge in [0, 0.05) is 24.8 Å². The van der Waals surface area contributed by atoms with Gasteiger partial charge in [-0.25, -0.2) is 4.98 Å². The summed E-state index contributed by atoms with van der Waals surface area (Å²) in [5.41, 5.74) is 1.03. The number of methoxy groups -OCH3 is 1. The summed E-state index contributed by atoms with van der Waals surface area (Å²) in [5.74, 6) is 1.86. The van der Waals surface area contributed by atoms with Gasteiger partial charge in [-0.3, -0.25) is 4.90 Å². The van der Waals surface area contributed by atoms with E-state index in [9.17, 15) is 0 Å². The molecule has 0 bridgehead atoms. The molecule has 22 heavy (non-hydrogen) atoms. The van der Waals surface area contributed by atoms with Crippen molar-refractivity contribution in [3.8, 4) is 5.88 Å². The van der Waals surface area contributed by atoms with E-state index >= 15 is 0 Å². The van der Waals surface area contributed by atoms with Crippen molar-refractivity contribution in [1.29, 1.82) is 0 Å². The molecule has 0 aromatic carbocycles. The second-order valence-electron chi connectivity index (χ2n) is 5.34. The standard InChI is InChI=1S/C15H20N4O3/c1-10-13(15-17-11(2)18-22-15)19(7-8-21-10)9-12-5-4-6-16-14(12)20-3/h4-6,10,13H,7-9H2,1-3H3/t10-,13+/m1/s1. The van der Waals surface area contributed by atoms with Crippen molar-refractivity contribution in [2.24, 2.45) is 0 Å². The monoisotopic (exact) mass is 304 g/mol. The molecule has 0 unspecified atom stereocenters. The first-order valence-electron chi connectivity index (χ1n) is 7.32. The lowest BCUT2D eigenvalue weighted by Crippen LogP contribution is -2.43. The van der Waals surface area contributed by atoms with Crippen LogP contribution in [0.25, 0.3) is 0 Å². The van der Waals surface area contributed by atoms with Crippen LogP contribution in [-0.4, -0.2) is 46.4 Å². The number of pyridine rings is 1. The predicted molar refractivity (Wildman–Crippen MR) is 78.4 cm³/mol. The first-order chi connectivity index (χ1) is 10.7. The molecule has 7 heteroatoms. The largest absolute Gasteiger partial charge is 0.481 e. The van der Waals surface area contributed by atoms with Gasteiger partial charge in [0.25, 0.3) is 0 Å². The van der Waals surface area contributed by atoms with E-state index in [4.69, 9.17) is 14.0 Å². The summed E-state index contributed by atoms with van der Waals surface area (Å²) in [6, 6.07) is 3.86. The lowest BCUT2D eigenvalue weighted by Gasteiger charge is -2.37. The Labute approximate surface area is 129 Å². The molecule has 7 nitrogen and oxygen atoms in total. The number of aryl methyl sites for hydroxylation is 1. The molecule has 2 atom stereocenters.